The summed E-state index contributed by atoms with van der Waals surface area (Å²) in [5.41, 5.74) is 4.19. The molecule has 0 aliphatic heterocycles. The van der Waals surface area contributed by atoms with Gasteiger partial charge in [0.05, 0.1) is 0 Å². The summed E-state index contributed by atoms with van der Waals surface area (Å²) in [6, 6.07) is 10.6. The molecule has 3 N–H and O–H groups in total. The quantitative estimate of drug-likeness (QED) is 0.584. The maximum Gasteiger partial charge on any atom is 0.138 e. The van der Waals surface area contributed by atoms with Gasteiger partial charge in [-0.25, -0.2) is 4.98 Å². The fraction of sp³-hybridized carbons (Fsp3) is 0.385. The highest BCUT2D eigenvalue weighted by Gasteiger charge is 2.11. The molecule has 2 aromatic rings. The highest BCUT2D eigenvalue weighted by Crippen LogP contribution is 2.07. The molecule has 0 spiro atoms. The zero-order chi connectivity index (χ0) is 12.8. The summed E-state index contributed by atoms with van der Waals surface area (Å²) in [7, 11) is 1.90. The van der Waals surface area contributed by atoms with Crippen LogP contribution in [0, 0.1) is 0 Å². The van der Waals surface area contributed by atoms with E-state index in [4.69, 9.17) is 5.84 Å². The fourth-order valence-electron chi connectivity index (χ4n) is 1.96. The van der Waals surface area contributed by atoms with Crippen molar-refractivity contribution in [2.45, 2.75) is 25.3 Å². The zero-order valence-corrected chi connectivity index (χ0v) is 10.6. The molecule has 0 fully saturated rings. The van der Waals surface area contributed by atoms with Gasteiger partial charge in [-0.05, 0) is 18.4 Å². The molecule has 96 valence electrons. The third kappa shape index (κ3) is 3.38. The van der Waals surface area contributed by atoms with Crippen molar-refractivity contribution in [2.75, 3.05) is 0 Å². The van der Waals surface area contributed by atoms with Gasteiger partial charge in [-0.15, -0.1) is 0 Å². The third-order valence-electron chi connectivity index (χ3n) is 3.09. The molecule has 1 aromatic carbocycles. The van der Waals surface area contributed by atoms with Crippen molar-refractivity contribution in [1.29, 1.82) is 0 Å². The van der Waals surface area contributed by atoms with Crippen molar-refractivity contribution in [1.82, 2.24) is 20.2 Å². The lowest BCUT2D eigenvalue weighted by atomic mass is 10.0. The van der Waals surface area contributed by atoms with Crippen LogP contribution in [0.1, 0.15) is 17.8 Å². The maximum absolute atomic E-state index is 5.60. The first-order valence-corrected chi connectivity index (χ1v) is 6.12. The van der Waals surface area contributed by atoms with Crippen LogP contribution < -0.4 is 11.3 Å². The van der Waals surface area contributed by atoms with Crippen LogP contribution in [0.25, 0.3) is 0 Å². The molecule has 5 heteroatoms. The minimum Gasteiger partial charge on any atom is -0.271 e. The largest absolute Gasteiger partial charge is 0.271 e. The minimum atomic E-state index is 0.216. The summed E-state index contributed by atoms with van der Waals surface area (Å²) in [6.07, 6.45) is 4.35. The van der Waals surface area contributed by atoms with Gasteiger partial charge in [-0.3, -0.25) is 16.0 Å². The molecular weight excluding hydrogens is 226 g/mol. The van der Waals surface area contributed by atoms with Crippen LogP contribution in [-0.2, 0) is 19.9 Å². The number of nitrogens with one attached hydrogen (secondary N) is 1. The van der Waals surface area contributed by atoms with E-state index in [-0.39, 0.29) is 6.04 Å². The molecule has 1 atom stereocenters. The average Bonchev–Trinajstić information content (AvgIpc) is 2.81. The van der Waals surface area contributed by atoms with Gasteiger partial charge in [-0.2, -0.15) is 5.10 Å². The first-order valence-electron chi connectivity index (χ1n) is 6.12. The number of hydrogen-bond acceptors (Lipinski definition) is 4. The van der Waals surface area contributed by atoms with E-state index >= 15 is 0 Å². The summed E-state index contributed by atoms with van der Waals surface area (Å²) in [5.74, 6) is 6.55. The molecular formula is C13H19N5. The van der Waals surface area contributed by atoms with E-state index in [1.54, 1.807) is 11.0 Å². The summed E-state index contributed by atoms with van der Waals surface area (Å²) < 4.78 is 1.78. The zero-order valence-electron chi connectivity index (χ0n) is 10.6. The van der Waals surface area contributed by atoms with Crippen molar-refractivity contribution in [3.8, 4) is 0 Å². The predicted molar refractivity (Wildman–Crippen MR) is 70.6 cm³/mol. The normalized spacial score (nSPS) is 12.6. The van der Waals surface area contributed by atoms with Gasteiger partial charge in [0.2, 0.25) is 0 Å². The number of hydrazine groups is 1. The van der Waals surface area contributed by atoms with E-state index in [1.807, 2.05) is 13.1 Å². The Morgan fingerprint density at radius 3 is 2.72 bits per heavy atom. The molecule has 0 saturated carbocycles. The van der Waals surface area contributed by atoms with E-state index in [9.17, 15) is 0 Å². The Bertz CT molecular complexity index is 465. The van der Waals surface area contributed by atoms with Crippen molar-refractivity contribution in [3.05, 3.63) is 48.0 Å². The first kappa shape index (κ1) is 12.7. The highest BCUT2D eigenvalue weighted by molar-refractivity contribution is 5.14. The van der Waals surface area contributed by atoms with Crippen LogP contribution in [0.2, 0.25) is 0 Å². The van der Waals surface area contributed by atoms with Gasteiger partial charge in [0, 0.05) is 19.5 Å². The lowest BCUT2D eigenvalue weighted by Gasteiger charge is -2.15. The lowest BCUT2D eigenvalue weighted by molar-refractivity contribution is 0.473. The Morgan fingerprint density at radius 1 is 1.33 bits per heavy atom. The Labute approximate surface area is 107 Å². The fourth-order valence-corrected chi connectivity index (χ4v) is 1.96. The number of nitrogens with zero attached hydrogens (tertiary/aromatic N) is 3. The Kier molecular flexibility index (Phi) is 4.44. The number of hydrogen-bond donors (Lipinski definition) is 2. The van der Waals surface area contributed by atoms with Gasteiger partial charge in [0.25, 0.3) is 0 Å². The second-order valence-electron chi connectivity index (χ2n) is 4.39. The standard InChI is InChI=1S/C13H19N5/c1-18-13(15-10-16-18)9-12(17-14)8-7-11-5-3-2-4-6-11/h2-6,10,12,17H,7-9,14H2,1H3. The molecule has 0 aliphatic rings. The Morgan fingerprint density at radius 2 is 2.11 bits per heavy atom. The van der Waals surface area contributed by atoms with Crippen LogP contribution in [-0.4, -0.2) is 20.8 Å². The second kappa shape index (κ2) is 6.28. The molecule has 0 aliphatic carbocycles. The van der Waals surface area contributed by atoms with E-state index < -0.39 is 0 Å². The molecule has 0 radical (unpaired) electrons. The molecule has 18 heavy (non-hydrogen) atoms. The van der Waals surface area contributed by atoms with Crippen LogP contribution in [0.4, 0.5) is 0 Å². The lowest BCUT2D eigenvalue weighted by Crippen LogP contribution is -2.37. The molecule has 5 nitrogen and oxygen atoms in total. The van der Waals surface area contributed by atoms with Gasteiger partial charge in [0.1, 0.15) is 12.2 Å². The number of nitrogens with two attached hydrogens (primary N) is 1. The summed E-state index contributed by atoms with van der Waals surface area (Å²) >= 11 is 0. The van der Waals surface area contributed by atoms with Crippen molar-refractivity contribution in [2.24, 2.45) is 12.9 Å². The summed E-state index contributed by atoms with van der Waals surface area (Å²) in [4.78, 5) is 4.21. The molecule has 0 bridgehead atoms. The number of aromatic nitrogens is 3. The minimum absolute atomic E-state index is 0.216. The van der Waals surface area contributed by atoms with E-state index in [0.717, 1.165) is 25.1 Å². The molecule has 1 heterocycles. The van der Waals surface area contributed by atoms with Crippen molar-refractivity contribution in [3.63, 3.8) is 0 Å². The molecule has 0 amide bonds. The average molecular weight is 245 g/mol. The smallest absolute Gasteiger partial charge is 0.138 e. The number of benzene rings is 1. The van der Waals surface area contributed by atoms with Crippen LogP contribution in [0.5, 0.6) is 0 Å². The Hall–Kier alpha value is -1.72. The molecule has 0 saturated heterocycles. The predicted octanol–water partition coefficient (Wildman–Crippen LogP) is 0.822. The summed E-state index contributed by atoms with van der Waals surface area (Å²) in [5, 5.41) is 4.06. The number of aryl methyl sites for hydroxylation is 2. The second-order valence-corrected chi connectivity index (χ2v) is 4.39. The topological polar surface area (TPSA) is 68.8 Å². The SMILES string of the molecule is Cn1ncnc1CC(CCc1ccccc1)NN. The van der Waals surface area contributed by atoms with Gasteiger partial charge in [-0.1, -0.05) is 30.3 Å². The van der Waals surface area contributed by atoms with Gasteiger partial charge < -0.3 is 0 Å². The first-order chi connectivity index (χ1) is 8.79. The van der Waals surface area contributed by atoms with Crippen LogP contribution in [0.15, 0.2) is 36.7 Å². The molecule has 1 aromatic heterocycles. The maximum atomic E-state index is 5.60. The van der Waals surface area contributed by atoms with Crippen LogP contribution >= 0.6 is 0 Å². The van der Waals surface area contributed by atoms with E-state index in [2.05, 4.69) is 39.8 Å². The summed E-state index contributed by atoms with van der Waals surface area (Å²) in [6.45, 7) is 0. The van der Waals surface area contributed by atoms with Crippen LogP contribution in [0.3, 0.4) is 0 Å². The van der Waals surface area contributed by atoms with E-state index in [1.165, 1.54) is 5.56 Å². The molecule has 2 rings (SSSR count). The van der Waals surface area contributed by atoms with Crippen molar-refractivity contribution < 1.29 is 0 Å². The van der Waals surface area contributed by atoms with Gasteiger partial charge >= 0.3 is 0 Å². The third-order valence-corrected chi connectivity index (χ3v) is 3.09. The van der Waals surface area contributed by atoms with Crippen molar-refractivity contribution >= 4 is 0 Å². The monoisotopic (exact) mass is 245 g/mol. The Balaban J connectivity index is 1.88. The highest BCUT2D eigenvalue weighted by atomic mass is 15.3. The van der Waals surface area contributed by atoms with Gasteiger partial charge in [0.15, 0.2) is 0 Å². The van der Waals surface area contributed by atoms with E-state index in [0.29, 0.717) is 0 Å². The number of rotatable bonds is 6. The molecule has 1 unspecified atom stereocenters.